The van der Waals surface area contributed by atoms with Crippen molar-refractivity contribution in [3.63, 3.8) is 0 Å². The van der Waals surface area contributed by atoms with Gasteiger partial charge in [-0.2, -0.15) is 0 Å². The number of H-pyrrole nitrogens is 1. The molecule has 0 radical (unpaired) electrons. The van der Waals surface area contributed by atoms with E-state index in [1.165, 1.54) is 0 Å². The Morgan fingerprint density at radius 2 is 1.96 bits per heavy atom. The van der Waals surface area contributed by atoms with Gasteiger partial charge in [-0.05, 0) is 60.9 Å². The predicted octanol–water partition coefficient (Wildman–Crippen LogP) is 4.50. The van der Waals surface area contributed by atoms with Crippen LogP contribution in [0.5, 0.6) is 5.75 Å². The average Bonchev–Trinajstić information content (AvgIpc) is 3.30. The normalized spacial score (nSPS) is 15.2. The molecule has 1 fully saturated rings. The molecular formula is C19H17ClN2O2. The number of methoxy groups -OCH3 is 1. The second-order valence-corrected chi connectivity index (χ2v) is 6.59. The summed E-state index contributed by atoms with van der Waals surface area (Å²) in [6, 6.07) is 13.0. The molecule has 5 heteroatoms. The molecule has 4 rings (SSSR count). The highest BCUT2D eigenvalue weighted by atomic mass is 35.5. The molecule has 2 aromatic carbocycles. The zero-order valence-electron chi connectivity index (χ0n) is 13.2. The number of ether oxygens (including phenoxy) is 1. The molecular weight excluding hydrogens is 324 g/mol. The van der Waals surface area contributed by atoms with Gasteiger partial charge in [-0.15, -0.1) is 0 Å². The van der Waals surface area contributed by atoms with Crippen molar-refractivity contribution in [1.82, 2.24) is 4.98 Å². The number of hydrogen-bond donors (Lipinski definition) is 2. The van der Waals surface area contributed by atoms with Gasteiger partial charge < -0.3 is 15.0 Å². The largest absolute Gasteiger partial charge is 0.497 e. The van der Waals surface area contributed by atoms with Gasteiger partial charge in [0, 0.05) is 27.8 Å². The fourth-order valence-electron chi connectivity index (χ4n) is 3.15. The number of fused-ring (bicyclic) bond motifs is 1. The number of carbonyl (C=O) groups excluding carboxylic acids is 1. The molecule has 3 aromatic rings. The smallest absolute Gasteiger partial charge is 0.235 e. The monoisotopic (exact) mass is 340 g/mol. The van der Waals surface area contributed by atoms with Crippen LogP contribution in [0, 0.1) is 0 Å². The molecule has 1 aromatic heterocycles. The SMILES string of the molecule is COc1ccc2[nH]cc(C3(C(=O)Nc4ccc(Cl)cc4)CC3)c2c1. The fourth-order valence-corrected chi connectivity index (χ4v) is 3.28. The lowest BCUT2D eigenvalue weighted by Gasteiger charge is -2.15. The third kappa shape index (κ3) is 2.43. The number of hydrogen-bond acceptors (Lipinski definition) is 2. The molecule has 2 N–H and O–H groups in total. The van der Waals surface area contributed by atoms with Crippen molar-refractivity contribution in [3.05, 3.63) is 59.2 Å². The first-order valence-electron chi connectivity index (χ1n) is 7.85. The number of benzene rings is 2. The highest BCUT2D eigenvalue weighted by Gasteiger charge is 2.52. The summed E-state index contributed by atoms with van der Waals surface area (Å²) in [7, 11) is 1.65. The Balaban J connectivity index is 1.67. The Morgan fingerprint density at radius 1 is 1.21 bits per heavy atom. The Bertz CT molecular complexity index is 911. The quantitative estimate of drug-likeness (QED) is 0.734. The highest BCUT2D eigenvalue weighted by Crippen LogP contribution is 2.51. The van der Waals surface area contributed by atoms with Gasteiger partial charge in [-0.25, -0.2) is 0 Å². The van der Waals surface area contributed by atoms with Crippen LogP contribution in [-0.2, 0) is 10.2 Å². The molecule has 1 heterocycles. The summed E-state index contributed by atoms with van der Waals surface area (Å²) in [5.74, 6) is 0.811. The van der Waals surface area contributed by atoms with E-state index < -0.39 is 5.41 Å². The van der Waals surface area contributed by atoms with Gasteiger partial charge in [-0.3, -0.25) is 4.79 Å². The lowest BCUT2D eigenvalue weighted by Crippen LogP contribution is -2.27. The Hall–Kier alpha value is -2.46. The van der Waals surface area contributed by atoms with Crippen molar-refractivity contribution in [3.8, 4) is 5.75 Å². The lowest BCUT2D eigenvalue weighted by atomic mass is 9.94. The Labute approximate surface area is 144 Å². The number of halogens is 1. The van der Waals surface area contributed by atoms with Crippen molar-refractivity contribution in [2.45, 2.75) is 18.3 Å². The summed E-state index contributed by atoms with van der Waals surface area (Å²) in [5.41, 5.74) is 2.33. The van der Waals surface area contributed by atoms with Crippen LogP contribution in [0.25, 0.3) is 10.9 Å². The lowest BCUT2D eigenvalue weighted by molar-refractivity contribution is -0.118. The number of aromatic nitrogens is 1. The number of nitrogens with one attached hydrogen (secondary N) is 2. The van der Waals surface area contributed by atoms with E-state index in [-0.39, 0.29) is 5.91 Å². The molecule has 1 saturated carbocycles. The van der Waals surface area contributed by atoms with Crippen molar-refractivity contribution in [2.24, 2.45) is 0 Å². The first-order chi connectivity index (χ1) is 11.6. The molecule has 1 amide bonds. The Kier molecular flexibility index (Phi) is 3.50. The van der Waals surface area contributed by atoms with E-state index in [0.29, 0.717) is 5.02 Å². The van der Waals surface area contributed by atoms with Gasteiger partial charge in [-0.1, -0.05) is 11.6 Å². The van der Waals surface area contributed by atoms with E-state index in [1.54, 1.807) is 19.2 Å². The van der Waals surface area contributed by atoms with E-state index in [9.17, 15) is 4.79 Å². The van der Waals surface area contributed by atoms with E-state index in [4.69, 9.17) is 16.3 Å². The van der Waals surface area contributed by atoms with Crippen LogP contribution in [0.4, 0.5) is 5.69 Å². The van der Waals surface area contributed by atoms with E-state index >= 15 is 0 Å². The van der Waals surface area contributed by atoms with Crippen LogP contribution >= 0.6 is 11.6 Å². The van der Waals surface area contributed by atoms with Gasteiger partial charge in [0.2, 0.25) is 5.91 Å². The Morgan fingerprint density at radius 3 is 2.62 bits per heavy atom. The predicted molar refractivity (Wildman–Crippen MR) is 95.8 cm³/mol. The van der Waals surface area contributed by atoms with E-state index in [1.807, 2.05) is 36.5 Å². The molecule has 0 unspecified atom stereocenters. The maximum Gasteiger partial charge on any atom is 0.235 e. The molecule has 1 aliphatic rings. The average molecular weight is 341 g/mol. The second-order valence-electron chi connectivity index (χ2n) is 6.16. The van der Waals surface area contributed by atoms with Crippen molar-refractivity contribution in [2.75, 3.05) is 12.4 Å². The molecule has 24 heavy (non-hydrogen) atoms. The van der Waals surface area contributed by atoms with Crippen molar-refractivity contribution in [1.29, 1.82) is 0 Å². The fraction of sp³-hybridized carbons (Fsp3) is 0.211. The maximum atomic E-state index is 12.9. The molecule has 0 spiro atoms. The first-order valence-corrected chi connectivity index (χ1v) is 8.23. The molecule has 4 nitrogen and oxygen atoms in total. The van der Waals surface area contributed by atoms with Crippen molar-refractivity contribution >= 4 is 34.1 Å². The van der Waals surface area contributed by atoms with Crippen molar-refractivity contribution < 1.29 is 9.53 Å². The summed E-state index contributed by atoms with van der Waals surface area (Å²) >= 11 is 5.90. The summed E-state index contributed by atoms with van der Waals surface area (Å²) in [6.07, 6.45) is 3.63. The van der Waals surface area contributed by atoms with Crippen LogP contribution in [-0.4, -0.2) is 18.0 Å². The molecule has 1 aliphatic carbocycles. The van der Waals surface area contributed by atoms with Gasteiger partial charge in [0.15, 0.2) is 0 Å². The minimum absolute atomic E-state index is 0.0218. The second kappa shape index (κ2) is 5.56. The minimum atomic E-state index is -0.468. The standard InChI is InChI=1S/C19H17ClN2O2/c1-24-14-6-7-17-15(10-14)16(11-21-17)19(8-9-19)18(23)22-13-4-2-12(20)3-5-13/h2-7,10-11,21H,8-9H2,1H3,(H,22,23). The molecule has 0 aliphatic heterocycles. The minimum Gasteiger partial charge on any atom is -0.497 e. The molecule has 0 atom stereocenters. The van der Waals surface area contributed by atoms with Crippen LogP contribution in [0.15, 0.2) is 48.7 Å². The molecule has 0 bridgehead atoms. The summed E-state index contributed by atoms with van der Waals surface area (Å²) in [4.78, 5) is 16.1. The highest BCUT2D eigenvalue weighted by molar-refractivity contribution is 6.30. The number of carbonyl (C=O) groups is 1. The topological polar surface area (TPSA) is 54.1 Å². The summed E-state index contributed by atoms with van der Waals surface area (Å²) in [5, 5.41) is 4.70. The number of aromatic amines is 1. The third-order valence-corrected chi connectivity index (χ3v) is 4.94. The van der Waals surface area contributed by atoms with E-state index in [2.05, 4.69) is 10.3 Å². The summed E-state index contributed by atoms with van der Waals surface area (Å²) < 4.78 is 5.32. The maximum absolute atomic E-state index is 12.9. The van der Waals surface area contributed by atoms with Gasteiger partial charge in [0.05, 0.1) is 12.5 Å². The zero-order valence-corrected chi connectivity index (χ0v) is 14.0. The number of amides is 1. The zero-order chi connectivity index (χ0) is 16.7. The number of anilines is 1. The third-order valence-electron chi connectivity index (χ3n) is 4.69. The van der Waals surface area contributed by atoms with Gasteiger partial charge in [0.1, 0.15) is 5.75 Å². The molecule has 122 valence electrons. The van der Waals surface area contributed by atoms with Crippen LogP contribution < -0.4 is 10.1 Å². The van der Waals surface area contributed by atoms with E-state index in [0.717, 1.165) is 40.7 Å². The summed E-state index contributed by atoms with van der Waals surface area (Å²) in [6.45, 7) is 0. The van der Waals surface area contributed by atoms with Crippen LogP contribution in [0.1, 0.15) is 18.4 Å². The van der Waals surface area contributed by atoms with Gasteiger partial charge in [0.25, 0.3) is 0 Å². The molecule has 0 saturated heterocycles. The number of rotatable bonds is 4. The van der Waals surface area contributed by atoms with Crippen LogP contribution in [0.3, 0.4) is 0 Å². The first kappa shape index (κ1) is 15.1. The van der Waals surface area contributed by atoms with Gasteiger partial charge >= 0.3 is 0 Å². The van der Waals surface area contributed by atoms with Crippen LogP contribution in [0.2, 0.25) is 5.02 Å².